The number of rotatable bonds is 6. The molecule has 2 amide bonds. The van der Waals surface area contributed by atoms with Gasteiger partial charge in [0.2, 0.25) is 0 Å². The molecular weight excluding hydrogens is 312 g/mol. The van der Waals surface area contributed by atoms with E-state index in [4.69, 9.17) is 0 Å². The number of aromatic nitrogens is 1. The number of pyridine rings is 1. The fourth-order valence-corrected chi connectivity index (χ4v) is 3.40. The lowest BCUT2D eigenvalue weighted by atomic mass is 10.2. The number of urea groups is 1. The third kappa shape index (κ3) is 4.79. The first-order valence-corrected chi connectivity index (χ1v) is 8.96. The molecule has 0 bridgehead atoms. The highest BCUT2D eigenvalue weighted by Gasteiger charge is 2.29. The number of nitrogens with zero attached hydrogens (tertiary/aromatic N) is 3. The number of likely N-dealkylation sites (tertiary alicyclic amines) is 1. The van der Waals surface area contributed by atoms with Gasteiger partial charge in [0, 0.05) is 51.2 Å². The maximum Gasteiger partial charge on any atom is 0.317 e. The molecule has 0 aliphatic carbocycles. The topological polar surface area (TPSA) is 48.5 Å². The number of hydrogen-bond donors (Lipinski definition) is 1. The molecule has 0 spiro atoms. The van der Waals surface area contributed by atoms with E-state index in [0.29, 0.717) is 6.54 Å². The Morgan fingerprint density at radius 2 is 1.96 bits per heavy atom. The molecule has 1 aromatic heterocycles. The number of hydrogen-bond acceptors (Lipinski definition) is 3. The van der Waals surface area contributed by atoms with Crippen molar-refractivity contribution in [3.8, 4) is 0 Å². The fraction of sp³-hybridized carbons (Fsp3) is 0.400. The summed E-state index contributed by atoms with van der Waals surface area (Å²) in [7, 11) is 0. The lowest BCUT2D eigenvalue weighted by Crippen LogP contribution is -2.46. The highest BCUT2D eigenvalue weighted by Crippen LogP contribution is 2.18. The highest BCUT2D eigenvalue weighted by atomic mass is 16.2. The van der Waals surface area contributed by atoms with E-state index in [0.717, 1.165) is 38.2 Å². The Hall–Kier alpha value is -2.40. The van der Waals surface area contributed by atoms with Crippen LogP contribution in [-0.2, 0) is 13.1 Å². The normalized spacial score (nSPS) is 17.4. The summed E-state index contributed by atoms with van der Waals surface area (Å²) in [6.07, 6.45) is 4.53. The summed E-state index contributed by atoms with van der Waals surface area (Å²) in [6, 6.07) is 14.7. The van der Waals surface area contributed by atoms with Crippen LogP contribution in [0.2, 0.25) is 0 Å². The van der Waals surface area contributed by atoms with Crippen molar-refractivity contribution in [3.63, 3.8) is 0 Å². The van der Waals surface area contributed by atoms with Crippen LogP contribution in [0.15, 0.2) is 54.9 Å². The molecule has 1 aliphatic heterocycles. The molecule has 5 heteroatoms. The number of benzene rings is 1. The molecule has 3 rings (SSSR count). The standard InChI is InChI=1S/C20H26N4O/c1-2-24(20(25)22-14-17-8-11-21-12-9-17)19-10-13-23(16-19)15-18-6-4-3-5-7-18/h3-9,11-12,19H,2,10,13-16H2,1H3,(H,22,25). The Morgan fingerprint density at radius 3 is 2.68 bits per heavy atom. The van der Waals surface area contributed by atoms with Crippen LogP contribution in [0.5, 0.6) is 0 Å². The second-order valence-corrected chi connectivity index (χ2v) is 6.46. The zero-order valence-corrected chi connectivity index (χ0v) is 14.8. The molecule has 1 unspecified atom stereocenters. The molecule has 1 saturated heterocycles. The Morgan fingerprint density at radius 1 is 1.20 bits per heavy atom. The predicted octanol–water partition coefficient (Wildman–Crippen LogP) is 2.89. The first kappa shape index (κ1) is 17.4. The molecule has 1 atom stereocenters. The van der Waals surface area contributed by atoms with Crippen LogP contribution in [-0.4, -0.2) is 46.5 Å². The zero-order valence-electron chi connectivity index (χ0n) is 14.8. The second kappa shape index (κ2) is 8.62. The van der Waals surface area contributed by atoms with E-state index in [1.807, 2.05) is 30.0 Å². The minimum atomic E-state index is 0.0193. The number of carbonyl (C=O) groups excluding carboxylic acids is 1. The highest BCUT2D eigenvalue weighted by molar-refractivity contribution is 5.74. The second-order valence-electron chi connectivity index (χ2n) is 6.46. The lowest BCUT2D eigenvalue weighted by Gasteiger charge is -2.28. The molecule has 1 fully saturated rings. The van der Waals surface area contributed by atoms with E-state index in [-0.39, 0.29) is 12.1 Å². The number of nitrogens with one attached hydrogen (secondary N) is 1. The SMILES string of the molecule is CCN(C(=O)NCc1ccncc1)C1CCN(Cc2ccccc2)C1. The first-order valence-electron chi connectivity index (χ1n) is 8.96. The van der Waals surface area contributed by atoms with Crippen LogP contribution in [0.25, 0.3) is 0 Å². The van der Waals surface area contributed by atoms with Gasteiger partial charge in [0.1, 0.15) is 0 Å². The summed E-state index contributed by atoms with van der Waals surface area (Å²) in [6.45, 7) is 6.24. The van der Waals surface area contributed by atoms with Crippen molar-refractivity contribution in [1.82, 2.24) is 20.1 Å². The predicted molar refractivity (Wildman–Crippen MR) is 99.0 cm³/mol. The van der Waals surface area contributed by atoms with Crippen molar-refractivity contribution in [2.75, 3.05) is 19.6 Å². The zero-order chi connectivity index (χ0) is 17.5. The van der Waals surface area contributed by atoms with Crippen molar-refractivity contribution in [1.29, 1.82) is 0 Å². The van der Waals surface area contributed by atoms with Gasteiger partial charge in [-0.25, -0.2) is 4.79 Å². The van der Waals surface area contributed by atoms with Gasteiger partial charge < -0.3 is 10.2 Å². The summed E-state index contributed by atoms with van der Waals surface area (Å²) >= 11 is 0. The molecule has 1 aromatic carbocycles. The average Bonchev–Trinajstić information content (AvgIpc) is 3.10. The number of amides is 2. The Kier molecular flexibility index (Phi) is 6.01. The van der Waals surface area contributed by atoms with Crippen LogP contribution in [0.3, 0.4) is 0 Å². The van der Waals surface area contributed by atoms with Crippen molar-refractivity contribution < 1.29 is 4.79 Å². The first-order chi connectivity index (χ1) is 12.3. The molecule has 2 heterocycles. The van der Waals surface area contributed by atoms with Crippen LogP contribution < -0.4 is 5.32 Å². The van der Waals surface area contributed by atoms with E-state index in [2.05, 4.69) is 39.5 Å². The smallest absolute Gasteiger partial charge is 0.317 e. The largest absolute Gasteiger partial charge is 0.334 e. The van der Waals surface area contributed by atoms with Gasteiger partial charge >= 0.3 is 6.03 Å². The minimum Gasteiger partial charge on any atom is -0.334 e. The van der Waals surface area contributed by atoms with Crippen LogP contribution >= 0.6 is 0 Å². The van der Waals surface area contributed by atoms with Crippen molar-refractivity contribution >= 4 is 6.03 Å². The summed E-state index contributed by atoms with van der Waals surface area (Å²) in [5.41, 5.74) is 2.39. The number of carbonyl (C=O) groups is 1. The van der Waals surface area contributed by atoms with Crippen molar-refractivity contribution in [2.24, 2.45) is 0 Å². The van der Waals surface area contributed by atoms with Crippen LogP contribution in [0.4, 0.5) is 4.79 Å². The molecule has 1 N–H and O–H groups in total. The summed E-state index contributed by atoms with van der Waals surface area (Å²) in [5.74, 6) is 0. The molecule has 1 aliphatic rings. The van der Waals surface area contributed by atoms with Crippen LogP contribution in [0.1, 0.15) is 24.5 Å². The lowest BCUT2D eigenvalue weighted by molar-refractivity contribution is 0.176. The molecule has 0 saturated carbocycles. The minimum absolute atomic E-state index is 0.0193. The average molecular weight is 338 g/mol. The van der Waals surface area contributed by atoms with Gasteiger partial charge in [-0.15, -0.1) is 0 Å². The summed E-state index contributed by atoms with van der Waals surface area (Å²) in [4.78, 5) is 21.0. The third-order valence-electron chi connectivity index (χ3n) is 4.73. The van der Waals surface area contributed by atoms with E-state index >= 15 is 0 Å². The Bertz CT molecular complexity index is 662. The third-order valence-corrected chi connectivity index (χ3v) is 4.73. The molecule has 2 aromatic rings. The quantitative estimate of drug-likeness (QED) is 0.881. The summed E-state index contributed by atoms with van der Waals surface area (Å²) < 4.78 is 0. The van der Waals surface area contributed by atoms with Gasteiger partial charge in [-0.3, -0.25) is 9.88 Å². The number of likely N-dealkylation sites (N-methyl/N-ethyl adjacent to an activating group) is 1. The van der Waals surface area contributed by atoms with E-state index < -0.39 is 0 Å². The van der Waals surface area contributed by atoms with Crippen molar-refractivity contribution in [3.05, 3.63) is 66.0 Å². The Labute approximate surface area is 149 Å². The van der Waals surface area contributed by atoms with Gasteiger partial charge in [-0.05, 0) is 36.6 Å². The Balaban J connectivity index is 1.51. The van der Waals surface area contributed by atoms with E-state index in [1.165, 1.54) is 5.56 Å². The fourth-order valence-electron chi connectivity index (χ4n) is 3.40. The molecular formula is C20H26N4O. The van der Waals surface area contributed by atoms with Gasteiger partial charge in [-0.1, -0.05) is 30.3 Å². The van der Waals surface area contributed by atoms with Gasteiger partial charge in [-0.2, -0.15) is 0 Å². The molecule has 25 heavy (non-hydrogen) atoms. The van der Waals surface area contributed by atoms with Crippen molar-refractivity contribution in [2.45, 2.75) is 32.5 Å². The van der Waals surface area contributed by atoms with Gasteiger partial charge in [0.25, 0.3) is 0 Å². The molecule has 5 nitrogen and oxygen atoms in total. The van der Waals surface area contributed by atoms with E-state index in [9.17, 15) is 4.79 Å². The van der Waals surface area contributed by atoms with Gasteiger partial charge in [0.05, 0.1) is 0 Å². The van der Waals surface area contributed by atoms with Crippen LogP contribution in [0, 0.1) is 0 Å². The monoisotopic (exact) mass is 338 g/mol. The maximum atomic E-state index is 12.6. The van der Waals surface area contributed by atoms with Gasteiger partial charge in [0.15, 0.2) is 0 Å². The molecule has 132 valence electrons. The van der Waals surface area contributed by atoms with E-state index in [1.54, 1.807) is 12.4 Å². The maximum absolute atomic E-state index is 12.6. The summed E-state index contributed by atoms with van der Waals surface area (Å²) in [5, 5.41) is 3.03. The molecule has 0 radical (unpaired) electrons.